The molecular weight excluding hydrogens is 276 g/mol. The Hall–Kier alpha value is -1.00. The first kappa shape index (κ1) is 14.0. The second-order valence-corrected chi connectivity index (χ2v) is 6.13. The van der Waals surface area contributed by atoms with Crippen LogP contribution in [-0.2, 0) is 0 Å². The van der Waals surface area contributed by atoms with Crippen LogP contribution in [0.3, 0.4) is 0 Å². The van der Waals surface area contributed by atoms with E-state index in [1.165, 1.54) is 32.4 Å². The molecule has 0 aliphatic carbocycles. The number of likely N-dealkylation sites (tertiary alicyclic amines) is 2. The lowest BCUT2D eigenvalue weighted by atomic mass is 10.1. The number of halogens is 1. The van der Waals surface area contributed by atoms with Crippen LogP contribution in [0, 0.1) is 0 Å². The molecule has 110 valence electrons. The number of carbonyl (C=O) groups is 1. The lowest BCUT2D eigenvalue weighted by Crippen LogP contribution is -2.44. The van der Waals surface area contributed by atoms with Crippen LogP contribution in [0.4, 0.5) is 0 Å². The Morgan fingerprint density at radius 2 is 2.00 bits per heavy atom. The normalized spacial score (nSPS) is 24.2. The summed E-state index contributed by atoms with van der Waals surface area (Å²) in [7, 11) is 0. The predicted molar refractivity (Wildman–Crippen MR) is 78.1 cm³/mol. The summed E-state index contributed by atoms with van der Waals surface area (Å²) in [5.41, 5.74) is 0. The topological polar surface area (TPSA) is 36.7 Å². The van der Waals surface area contributed by atoms with Gasteiger partial charge in [-0.25, -0.2) is 0 Å². The van der Waals surface area contributed by atoms with Crippen LogP contribution in [-0.4, -0.2) is 47.9 Å². The zero-order valence-electron chi connectivity index (χ0n) is 11.7. The molecule has 2 aliphatic heterocycles. The quantitative estimate of drug-likeness (QED) is 0.860. The SMILES string of the molecule is O=C(c1ccc(Cl)o1)N1CCCC1CN1CCCCC1. The summed E-state index contributed by atoms with van der Waals surface area (Å²) < 4.78 is 5.26. The molecule has 3 rings (SSSR count). The molecule has 5 heteroatoms. The fraction of sp³-hybridized carbons (Fsp3) is 0.667. The molecule has 0 spiro atoms. The third-order valence-corrected chi connectivity index (χ3v) is 4.54. The predicted octanol–water partition coefficient (Wildman–Crippen LogP) is 3.02. The molecule has 0 radical (unpaired) electrons. The summed E-state index contributed by atoms with van der Waals surface area (Å²) in [6.45, 7) is 4.17. The highest BCUT2D eigenvalue weighted by Gasteiger charge is 2.32. The number of carbonyl (C=O) groups excluding carboxylic acids is 1. The maximum absolute atomic E-state index is 12.5. The number of furan rings is 1. The first-order valence-electron chi connectivity index (χ1n) is 7.53. The second kappa shape index (κ2) is 6.19. The summed E-state index contributed by atoms with van der Waals surface area (Å²) in [4.78, 5) is 16.9. The van der Waals surface area contributed by atoms with Crippen LogP contribution in [0.25, 0.3) is 0 Å². The standard InChI is InChI=1S/C15H21ClN2O2/c16-14-7-6-13(20-14)15(19)18-10-4-5-12(18)11-17-8-2-1-3-9-17/h6-7,12H,1-5,8-11H2. The Bertz CT molecular complexity index is 468. The fourth-order valence-electron chi connectivity index (χ4n) is 3.30. The first-order valence-corrected chi connectivity index (χ1v) is 7.90. The van der Waals surface area contributed by atoms with Gasteiger partial charge < -0.3 is 14.2 Å². The molecule has 2 saturated heterocycles. The molecule has 3 heterocycles. The first-order chi connectivity index (χ1) is 9.74. The Morgan fingerprint density at radius 1 is 1.20 bits per heavy atom. The van der Waals surface area contributed by atoms with Crippen molar-refractivity contribution in [1.82, 2.24) is 9.80 Å². The van der Waals surface area contributed by atoms with Gasteiger partial charge in [0, 0.05) is 19.1 Å². The fourth-order valence-corrected chi connectivity index (χ4v) is 3.45. The van der Waals surface area contributed by atoms with E-state index in [9.17, 15) is 4.79 Å². The van der Waals surface area contributed by atoms with E-state index in [-0.39, 0.29) is 11.1 Å². The minimum atomic E-state index is -0.0172. The van der Waals surface area contributed by atoms with E-state index in [1.807, 2.05) is 4.90 Å². The van der Waals surface area contributed by atoms with Gasteiger partial charge in [0.2, 0.25) is 0 Å². The van der Waals surface area contributed by atoms with Crippen molar-refractivity contribution >= 4 is 17.5 Å². The van der Waals surface area contributed by atoms with Crippen LogP contribution in [0.2, 0.25) is 5.22 Å². The molecular formula is C15H21ClN2O2. The van der Waals surface area contributed by atoms with E-state index >= 15 is 0 Å². The number of hydrogen-bond donors (Lipinski definition) is 0. The monoisotopic (exact) mass is 296 g/mol. The third kappa shape index (κ3) is 3.01. The van der Waals surface area contributed by atoms with Gasteiger partial charge >= 0.3 is 0 Å². The zero-order chi connectivity index (χ0) is 13.9. The molecule has 1 aromatic heterocycles. The average molecular weight is 297 g/mol. The molecule has 0 aromatic carbocycles. The summed E-state index contributed by atoms with van der Waals surface area (Å²) in [5, 5.41) is 0.278. The highest BCUT2D eigenvalue weighted by Crippen LogP contribution is 2.24. The molecule has 0 N–H and O–H groups in total. The van der Waals surface area contributed by atoms with E-state index in [0.29, 0.717) is 11.8 Å². The van der Waals surface area contributed by atoms with E-state index < -0.39 is 0 Å². The lowest BCUT2D eigenvalue weighted by Gasteiger charge is -2.32. The molecule has 2 aliphatic rings. The number of rotatable bonds is 3. The van der Waals surface area contributed by atoms with Gasteiger partial charge in [0.05, 0.1) is 0 Å². The molecule has 1 unspecified atom stereocenters. The van der Waals surface area contributed by atoms with Crippen molar-refractivity contribution in [2.75, 3.05) is 26.2 Å². The maximum Gasteiger partial charge on any atom is 0.289 e. The van der Waals surface area contributed by atoms with Crippen molar-refractivity contribution < 1.29 is 9.21 Å². The van der Waals surface area contributed by atoms with E-state index in [0.717, 1.165) is 25.9 Å². The van der Waals surface area contributed by atoms with Crippen molar-refractivity contribution in [2.45, 2.75) is 38.1 Å². The zero-order valence-corrected chi connectivity index (χ0v) is 12.4. The summed E-state index contributed by atoms with van der Waals surface area (Å²) in [5.74, 6) is 0.344. The van der Waals surface area contributed by atoms with Gasteiger partial charge in [-0.2, -0.15) is 0 Å². The van der Waals surface area contributed by atoms with Crippen LogP contribution >= 0.6 is 11.6 Å². The molecule has 1 amide bonds. The van der Waals surface area contributed by atoms with Gasteiger partial charge in [0.1, 0.15) is 0 Å². The highest BCUT2D eigenvalue weighted by molar-refractivity contribution is 6.29. The molecule has 0 saturated carbocycles. The Labute approximate surface area is 124 Å². The van der Waals surface area contributed by atoms with Gasteiger partial charge in [-0.1, -0.05) is 6.42 Å². The summed E-state index contributed by atoms with van der Waals surface area (Å²) in [6.07, 6.45) is 6.09. The lowest BCUT2D eigenvalue weighted by molar-refractivity contribution is 0.0659. The average Bonchev–Trinajstić information content (AvgIpc) is 3.08. The van der Waals surface area contributed by atoms with Crippen LogP contribution in [0.1, 0.15) is 42.7 Å². The molecule has 20 heavy (non-hydrogen) atoms. The number of amides is 1. The van der Waals surface area contributed by atoms with Gasteiger partial charge in [0.25, 0.3) is 5.91 Å². The summed E-state index contributed by atoms with van der Waals surface area (Å²) >= 11 is 5.76. The number of hydrogen-bond acceptors (Lipinski definition) is 3. The Balaban J connectivity index is 1.64. The van der Waals surface area contributed by atoms with Crippen molar-refractivity contribution in [3.05, 3.63) is 23.1 Å². The van der Waals surface area contributed by atoms with Crippen molar-refractivity contribution in [3.8, 4) is 0 Å². The Kier molecular flexibility index (Phi) is 4.32. The van der Waals surface area contributed by atoms with E-state index in [2.05, 4.69) is 4.90 Å². The number of nitrogens with zero attached hydrogens (tertiary/aromatic N) is 2. The van der Waals surface area contributed by atoms with Crippen molar-refractivity contribution in [3.63, 3.8) is 0 Å². The molecule has 4 nitrogen and oxygen atoms in total. The summed E-state index contributed by atoms with van der Waals surface area (Å²) in [6, 6.07) is 3.62. The van der Waals surface area contributed by atoms with Crippen molar-refractivity contribution in [1.29, 1.82) is 0 Å². The highest BCUT2D eigenvalue weighted by atomic mass is 35.5. The molecule has 1 atom stereocenters. The second-order valence-electron chi connectivity index (χ2n) is 5.76. The van der Waals surface area contributed by atoms with Gasteiger partial charge in [-0.3, -0.25) is 4.79 Å². The maximum atomic E-state index is 12.5. The number of piperidine rings is 1. The molecule has 2 fully saturated rings. The van der Waals surface area contributed by atoms with Crippen LogP contribution < -0.4 is 0 Å². The van der Waals surface area contributed by atoms with Gasteiger partial charge in [-0.05, 0) is 62.5 Å². The van der Waals surface area contributed by atoms with Crippen LogP contribution in [0.15, 0.2) is 16.5 Å². The van der Waals surface area contributed by atoms with Gasteiger partial charge in [0.15, 0.2) is 11.0 Å². The molecule has 0 bridgehead atoms. The largest absolute Gasteiger partial charge is 0.440 e. The van der Waals surface area contributed by atoms with Crippen LogP contribution in [0.5, 0.6) is 0 Å². The minimum absolute atomic E-state index is 0.0172. The molecule has 1 aromatic rings. The Morgan fingerprint density at radius 3 is 2.70 bits per heavy atom. The smallest absolute Gasteiger partial charge is 0.289 e. The van der Waals surface area contributed by atoms with Crippen molar-refractivity contribution in [2.24, 2.45) is 0 Å². The van der Waals surface area contributed by atoms with E-state index in [1.54, 1.807) is 12.1 Å². The minimum Gasteiger partial charge on any atom is -0.440 e. The third-order valence-electron chi connectivity index (χ3n) is 4.34. The van der Waals surface area contributed by atoms with E-state index in [4.69, 9.17) is 16.0 Å². The van der Waals surface area contributed by atoms with Gasteiger partial charge in [-0.15, -0.1) is 0 Å².